The molecule has 0 saturated carbocycles. The molecule has 1 nitrogen and oxygen atoms in total. The maximum atomic E-state index is 5.81. The summed E-state index contributed by atoms with van der Waals surface area (Å²) in [7, 11) is 0. The Hall–Kier alpha value is -1.24. The fraction of sp³-hybridized carbons (Fsp3) is 0.385. The first-order chi connectivity index (χ1) is 6.75. The van der Waals surface area contributed by atoms with Crippen LogP contribution in [0, 0.1) is 6.92 Å². The molecular formula is C13H21N. The SMILES string of the molecule is CC.CC/C=C\c1c(C)cccc1N. The van der Waals surface area contributed by atoms with Crippen LogP contribution in [0.15, 0.2) is 24.3 Å². The third-order valence-corrected chi connectivity index (χ3v) is 1.88. The number of benzene rings is 1. The molecule has 0 saturated heterocycles. The number of aryl methyl sites for hydroxylation is 1. The predicted octanol–water partition coefficient (Wildman–Crippen LogP) is 4.03. The molecule has 1 aromatic rings. The maximum absolute atomic E-state index is 5.81. The van der Waals surface area contributed by atoms with Crippen LogP contribution in [0.3, 0.4) is 0 Å². The summed E-state index contributed by atoms with van der Waals surface area (Å²) in [5.41, 5.74) is 9.06. The lowest BCUT2D eigenvalue weighted by Crippen LogP contribution is -1.91. The first-order valence-electron chi connectivity index (χ1n) is 5.27. The molecule has 0 bridgehead atoms. The van der Waals surface area contributed by atoms with Crippen molar-refractivity contribution in [3.8, 4) is 0 Å². The van der Waals surface area contributed by atoms with Gasteiger partial charge in [-0.05, 0) is 30.5 Å². The highest BCUT2D eigenvalue weighted by molar-refractivity contribution is 5.67. The van der Waals surface area contributed by atoms with Crippen LogP contribution >= 0.6 is 0 Å². The maximum Gasteiger partial charge on any atom is 0.0390 e. The van der Waals surface area contributed by atoms with Crippen molar-refractivity contribution in [1.82, 2.24) is 0 Å². The third-order valence-electron chi connectivity index (χ3n) is 1.88. The van der Waals surface area contributed by atoms with Gasteiger partial charge in [-0.3, -0.25) is 0 Å². The molecule has 0 unspecified atom stereocenters. The van der Waals surface area contributed by atoms with Crippen molar-refractivity contribution in [1.29, 1.82) is 0 Å². The fourth-order valence-electron chi connectivity index (χ4n) is 1.17. The zero-order valence-corrected chi connectivity index (χ0v) is 9.67. The van der Waals surface area contributed by atoms with Gasteiger partial charge in [0.25, 0.3) is 0 Å². The van der Waals surface area contributed by atoms with E-state index in [1.807, 2.05) is 26.0 Å². The number of nitrogen functional groups attached to an aromatic ring is 1. The zero-order chi connectivity index (χ0) is 11.0. The summed E-state index contributed by atoms with van der Waals surface area (Å²) in [6.45, 7) is 8.19. The second-order valence-corrected chi connectivity index (χ2v) is 2.89. The molecule has 78 valence electrons. The molecule has 0 fully saturated rings. The first kappa shape index (κ1) is 12.8. The Morgan fingerprint density at radius 3 is 2.43 bits per heavy atom. The van der Waals surface area contributed by atoms with Gasteiger partial charge >= 0.3 is 0 Å². The standard InChI is InChI=1S/C11H15N.C2H6/c1-3-4-7-10-9(2)6-5-8-11(10)12;1-2/h4-8H,3,12H2,1-2H3;1-2H3/b7-4-;. The van der Waals surface area contributed by atoms with Crippen molar-refractivity contribution in [2.75, 3.05) is 5.73 Å². The van der Waals surface area contributed by atoms with Gasteiger partial charge < -0.3 is 5.73 Å². The van der Waals surface area contributed by atoms with Crippen molar-refractivity contribution in [3.05, 3.63) is 35.4 Å². The topological polar surface area (TPSA) is 26.0 Å². The van der Waals surface area contributed by atoms with Crippen LogP contribution in [0.1, 0.15) is 38.3 Å². The van der Waals surface area contributed by atoms with Crippen LogP contribution in [-0.2, 0) is 0 Å². The average molecular weight is 191 g/mol. The summed E-state index contributed by atoms with van der Waals surface area (Å²) in [5, 5.41) is 0. The highest BCUT2D eigenvalue weighted by atomic mass is 14.6. The van der Waals surface area contributed by atoms with Gasteiger partial charge in [-0.2, -0.15) is 0 Å². The molecule has 0 amide bonds. The molecule has 0 radical (unpaired) electrons. The van der Waals surface area contributed by atoms with Crippen LogP contribution in [0.25, 0.3) is 6.08 Å². The zero-order valence-electron chi connectivity index (χ0n) is 9.67. The predicted molar refractivity (Wildman–Crippen MR) is 66.3 cm³/mol. The summed E-state index contributed by atoms with van der Waals surface area (Å²) < 4.78 is 0. The lowest BCUT2D eigenvalue weighted by Gasteiger charge is -2.03. The van der Waals surface area contributed by atoms with E-state index in [9.17, 15) is 0 Å². The van der Waals surface area contributed by atoms with E-state index < -0.39 is 0 Å². The number of rotatable bonds is 2. The highest BCUT2D eigenvalue weighted by Crippen LogP contribution is 2.17. The van der Waals surface area contributed by atoms with Gasteiger partial charge in [0.05, 0.1) is 0 Å². The Kier molecular flexibility index (Phi) is 6.55. The quantitative estimate of drug-likeness (QED) is 0.702. The first-order valence-corrected chi connectivity index (χ1v) is 5.27. The largest absolute Gasteiger partial charge is 0.398 e. The Bertz CT molecular complexity index is 267. The molecule has 2 N–H and O–H groups in total. The van der Waals surface area contributed by atoms with Crippen molar-refractivity contribution >= 4 is 11.8 Å². The molecule has 1 rings (SSSR count). The summed E-state index contributed by atoms with van der Waals surface area (Å²) in [6.07, 6.45) is 5.26. The molecule has 0 aliphatic rings. The van der Waals surface area contributed by atoms with Crippen LogP contribution in [0.5, 0.6) is 0 Å². The van der Waals surface area contributed by atoms with Gasteiger partial charge in [0.2, 0.25) is 0 Å². The fourth-order valence-corrected chi connectivity index (χ4v) is 1.17. The Labute approximate surface area is 87.6 Å². The Morgan fingerprint density at radius 1 is 1.29 bits per heavy atom. The molecule has 0 aliphatic heterocycles. The molecule has 0 aliphatic carbocycles. The van der Waals surface area contributed by atoms with E-state index in [0.717, 1.165) is 17.7 Å². The molecule has 0 atom stereocenters. The number of allylic oxidation sites excluding steroid dienone is 1. The second-order valence-electron chi connectivity index (χ2n) is 2.89. The summed E-state index contributed by atoms with van der Waals surface area (Å²) in [6, 6.07) is 5.99. The van der Waals surface area contributed by atoms with E-state index >= 15 is 0 Å². The van der Waals surface area contributed by atoms with Crippen molar-refractivity contribution in [2.24, 2.45) is 0 Å². The molecule has 1 heteroatoms. The van der Waals surface area contributed by atoms with E-state index in [2.05, 4.69) is 32.1 Å². The third kappa shape index (κ3) is 3.65. The van der Waals surface area contributed by atoms with Crippen LogP contribution in [-0.4, -0.2) is 0 Å². The number of hydrogen-bond donors (Lipinski definition) is 1. The minimum atomic E-state index is 0.861. The summed E-state index contributed by atoms with van der Waals surface area (Å²) in [4.78, 5) is 0. The minimum Gasteiger partial charge on any atom is -0.398 e. The monoisotopic (exact) mass is 191 g/mol. The van der Waals surface area contributed by atoms with Crippen LogP contribution in [0.4, 0.5) is 5.69 Å². The second kappa shape index (κ2) is 7.19. The van der Waals surface area contributed by atoms with E-state index in [-0.39, 0.29) is 0 Å². The van der Waals surface area contributed by atoms with Gasteiger partial charge in [-0.1, -0.05) is 45.1 Å². The normalized spacial score (nSPS) is 9.71. The van der Waals surface area contributed by atoms with Crippen LogP contribution in [0.2, 0.25) is 0 Å². The van der Waals surface area contributed by atoms with Gasteiger partial charge in [0, 0.05) is 5.69 Å². The molecule has 14 heavy (non-hydrogen) atoms. The van der Waals surface area contributed by atoms with Crippen LogP contribution < -0.4 is 5.73 Å². The van der Waals surface area contributed by atoms with Crippen molar-refractivity contribution < 1.29 is 0 Å². The van der Waals surface area contributed by atoms with Gasteiger partial charge in [0.15, 0.2) is 0 Å². The molecule has 0 heterocycles. The van der Waals surface area contributed by atoms with E-state index in [4.69, 9.17) is 5.73 Å². The van der Waals surface area contributed by atoms with E-state index in [1.165, 1.54) is 5.56 Å². The van der Waals surface area contributed by atoms with Gasteiger partial charge in [-0.15, -0.1) is 0 Å². The molecule has 0 aromatic heterocycles. The van der Waals surface area contributed by atoms with E-state index in [1.54, 1.807) is 0 Å². The van der Waals surface area contributed by atoms with Gasteiger partial charge in [0.1, 0.15) is 0 Å². The van der Waals surface area contributed by atoms with Gasteiger partial charge in [-0.25, -0.2) is 0 Å². The highest BCUT2D eigenvalue weighted by Gasteiger charge is 1.96. The molecule has 0 spiro atoms. The molecular weight excluding hydrogens is 170 g/mol. The lowest BCUT2D eigenvalue weighted by molar-refractivity contribution is 1.23. The summed E-state index contributed by atoms with van der Waals surface area (Å²) >= 11 is 0. The summed E-state index contributed by atoms with van der Waals surface area (Å²) in [5.74, 6) is 0. The van der Waals surface area contributed by atoms with E-state index in [0.29, 0.717) is 0 Å². The smallest absolute Gasteiger partial charge is 0.0390 e. The average Bonchev–Trinajstić information content (AvgIpc) is 2.20. The molecule has 1 aromatic carbocycles. The van der Waals surface area contributed by atoms with Crippen molar-refractivity contribution in [2.45, 2.75) is 34.1 Å². The lowest BCUT2D eigenvalue weighted by atomic mass is 10.1. The minimum absolute atomic E-state index is 0.861. The Balaban J connectivity index is 0.000000791. The van der Waals surface area contributed by atoms with Crippen molar-refractivity contribution in [3.63, 3.8) is 0 Å². The number of nitrogens with two attached hydrogens (primary N) is 1. The number of hydrogen-bond acceptors (Lipinski definition) is 1. The number of anilines is 1. The Morgan fingerprint density at radius 2 is 1.93 bits per heavy atom.